The van der Waals surface area contributed by atoms with Crippen LogP contribution < -0.4 is 0 Å². The van der Waals surface area contributed by atoms with Crippen molar-refractivity contribution in [1.29, 1.82) is 5.53 Å². The van der Waals surface area contributed by atoms with Gasteiger partial charge in [0.15, 0.2) is 0 Å². The molecule has 0 amide bonds. The van der Waals surface area contributed by atoms with E-state index in [0.717, 1.165) is 0 Å². The Labute approximate surface area is 37.5 Å². The van der Waals surface area contributed by atoms with Crippen LogP contribution in [-0.4, -0.2) is 6.54 Å². The Morgan fingerprint density at radius 1 is 1.80 bits per heavy atom. The maximum Gasteiger partial charge on any atom is 0.0568 e. The second-order valence-corrected chi connectivity index (χ2v) is 0.474. The van der Waals surface area contributed by atoms with E-state index in [9.17, 15) is 0 Å². The van der Waals surface area contributed by atoms with Crippen molar-refractivity contribution in [2.45, 2.75) is 6.92 Å². The first kappa shape index (κ1) is 8.86. The van der Waals surface area contributed by atoms with Gasteiger partial charge in [-0.1, -0.05) is 0 Å². The third-order valence-electron chi connectivity index (χ3n) is 0.158. The second-order valence-electron chi connectivity index (χ2n) is 0.474. The van der Waals surface area contributed by atoms with E-state index in [4.69, 9.17) is 5.53 Å². The summed E-state index contributed by atoms with van der Waals surface area (Å²) in [4.78, 5) is 0. The van der Waals surface area contributed by atoms with Crippen LogP contribution in [0.3, 0.4) is 0 Å². The number of nitrogens with one attached hydrogen (secondary N) is 1. The molecule has 0 atom stereocenters. The molecule has 0 saturated carbocycles. The van der Waals surface area contributed by atoms with Crippen LogP contribution in [0.2, 0.25) is 0 Å². The summed E-state index contributed by atoms with van der Waals surface area (Å²) in [7, 11) is 0. The SMILES string of the molecule is CCN=N.Cl. The van der Waals surface area contributed by atoms with E-state index < -0.39 is 0 Å². The summed E-state index contributed by atoms with van der Waals surface area (Å²) in [5, 5.41) is 2.99. The van der Waals surface area contributed by atoms with Crippen molar-refractivity contribution in [2.24, 2.45) is 5.11 Å². The Kier molecular flexibility index (Phi) is 16.1. The van der Waals surface area contributed by atoms with Crippen LogP contribution in [0, 0.1) is 5.53 Å². The number of nitrogens with zero attached hydrogens (tertiary/aromatic N) is 1. The minimum Gasteiger partial charge on any atom is -0.210 e. The molecule has 0 aliphatic heterocycles. The minimum atomic E-state index is 0. The highest BCUT2D eigenvalue weighted by atomic mass is 35.5. The van der Waals surface area contributed by atoms with Crippen LogP contribution in [0.1, 0.15) is 6.92 Å². The van der Waals surface area contributed by atoms with E-state index in [-0.39, 0.29) is 12.4 Å². The highest BCUT2D eigenvalue weighted by molar-refractivity contribution is 5.85. The van der Waals surface area contributed by atoms with Crippen LogP contribution in [0.25, 0.3) is 0 Å². The van der Waals surface area contributed by atoms with Gasteiger partial charge in [0.2, 0.25) is 0 Å². The first-order valence-electron chi connectivity index (χ1n) is 1.25. The molecule has 0 saturated heterocycles. The molecule has 0 radical (unpaired) electrons. The third-order valence-corrected chi connectivity index (χ3v) is 0.158. The molecule has 32 valence electrons. The van der Waals surface area contributed by atoms with Gasteiger partial charge < -0.3 is 0 Å². The van der Waals surface area contributed by atoms with Crippen molar-refractivity contribution in [3.05, 3.63) is 0 Å². The van der Waals surface area contributed by atoms with Crippen LogP contribution >= 0.6 is 12.4 Å². The molecule has 0 aromatic heterocycles. The highest BCUT2D eigenvalue weighted by Crippen LogP contribution is 1.53. The molecule has 2 nitrogen and oxygen atoms in total. The van der Waals surface area contributed by atoms with Gasteiger partial charge >= 0.3 is 0 Å². The summed E-state index contributed by atoms with van der Waals surface area (Å²) in [6.07, 6.45) is 0. The van der Waals surface area contributed by atoms with Crippen molar-refractivity contribution < 1.29 is 0 Å². The molecule has 1 N–H and O–H groups in total. The summed E-state index contributed by atoms with van der Waals surface area (Å²) in [6.45, 7) is 2.44. The van der Waals surface area contributed by atoms with Gasteiger partial charge in [0.25, 0.3) is 0 Å². The Morgan fingerprint density at radius 3 is 2.00 bits per heavy atom. The van der Waals surface area contributed by atoms with E-state index in [1.807, 2.05) is 6.92 Å². The highest BCUT2D eigenvalue weighted by Gasteiger charge is 1.46. The van der Waals surface area contributed by atoms with Crippen molar-refractivity contribution in [3.8, 4) is 0 Å². The lowest BCUT2D eigenvalue weighted by atomic mass is 10.8. The van der Waals surface area contributed by atoms with Crippen LogP contribution in [0.15, 0.2) is 5.11 Å². The van der Waals surface area contributed by atoms with Crippen molar-refractivity contribution in [1.82, 2.24) is 0 Å². The topological polar surface area (TPSA) is 36.2 Å². The molecule has 0 rings (SSSR count). The number of halogens is 1. The maximum absolute atomic E-state index is 6.08. The summed E-state index contributed by atoms with van der Waals surface area (Å²) in [5.74, 6) is 0. The zero-order valence-electron chi connectivity index (χ0n) is 3.06. The summed E-state index contributed by atoms with van der Waals surface area (Å²) < 4.78 is 0. The zero-order valence-corrected chi connectivity index (χ0v) is 3.88. The zero-order chi connectivity index (χ0) is 3.41. The van der Waals surface area contributed by atoms with E-state index in [1.54, 1.807) is 0 Å². The summed E-state index contributed by atoms with van der Waals surface area (Å²) in [5.41, 5.74) is 6.08. The lowest BCUT2D eigenvalue weighted by molar-refractivity contribution is 0.949. The number of rotatable bonds is 1. The largest absolute Gasteiger partial charge is 0.210 e. The Bertz CT molecular complexity index is 21.6. The predicted molar refractivity (Wildman–Crippen MR) is 22.9 cm³/mol. The lowest BCUT2D eigenvalue weighted by Crippen LogP contribution is -1.52. The molecule has 5 heavy (non-hydrogen) atoms. The molecule has 3 heteroatoms. The van der Waals surface area contributed by atoms with Crippen molar-refractivity contribution >= 4 is 12.4 Å². The first-order valence-corrected chi connectivity index (χ1v) is 1.25. The Morgan fingerprint density at radius 2 is 2.00 bits per heavy atom. The normalized spacial score (nSPS) is 5.00. The molecular formula is C2H7ClN2. The molecule has 0 aromatic carbocycles. The predicted octanol–water partition coefficient (Wildman–Crippen LogP) is 1.46. The third kappa shape index (κ3) is 17.5. The molecular weight excluding hydrogens is 87.5 g/mol. The van der Waals surface area contributed by atoms with E-state index in [2.05, 4.69) is 5.11 Å². The van der Waals surface area contributed by atoms with Gasteiger partial charge in [0, 0.05) is 0 Å². The smallest absolute Gasteiger partial charge is 0.0568 e. The molecule has 0 spiro atoms. The van der Waals surface area contributed by atoms with E-state index in [0.29, 0.717) is 6.54 Å². The fourth-order valence-electron chi connectivity index (χ4n) is 0. The molecule has 0 fully saturated rings. The summed E-state index contributed by atoms with van der Waals surface area (Å²) >= 11 is 0. The molecule has 0 unspecified atom stereocenters. The molecule has 0 aromatic rings. The average Bonchev–Trinajstić information content (AvgIpc) is 1.37. The van der Waals surface area contributed by atoms with Crippen molar-refractivity contribution in [2.75, 3.05) is 6.54 Å². The Hall–Kier alpha value is -0.110. The van der Waals surface area contributed by atoms with Gasteiger partial charge in [-0.15, -0.1) is 12.4 Å². The standard InChI is InChI=1S/C2H6N2.ClH/c1-2-4-3;/h3H,2H2,1H3;1H. The van der Waals surface area contributed by atoms with Gasteiger partial charge in [-0.05, 0) is 6.92 Å². The summed E-state index contributed by atoms with van der Waals surface area (Å²) in [6, 6.07) is 0. The monoisotopic (exact) mass is 94.0 g/mol. The second kappa shape index (κ2) is 9.10. The van der Waals surface area contributed by atoms with Gasteiger partial charge in [0.05, 0.1) is 6.54 Å². The minimum absolute atomic E-state index is 0. The maximum atomic E-state index is 6.08. The Balaban J connectivity index is 0. The molecule has 0 heterocycles. The number of hydrogen-bond donors (Lipinski definition) is 1. The quantitative estimate of drug-likeness (QED) is 0.478. The lowest BCUT2D eigenvalue weighted by Gasteiger charge is -1.58. The van der Waals surface area contributed by atoms with Crippen LogP contribution in [0.4, 0.5) is 0 Å². The van der Waals surface area contributed by atoms with Crippen LogP contribution in [0.5, 0.6) is 0 Å². The fraction of sp³-hybridized carbons (Fsp3) is 1.00. The molecule has 0 bridgehead atoms. The van der Waals surface area contributed by atoms with Gasteiger partial charge in [-0.2, -0.15) is 5.11 Å². The molecule has 0 aliphatic rings. The van der Waals surface area contributed by atoms with E-state index in [1.165, 1.54) is 0 Å². The number of hydrogen-bond acceptors (Lipinski definition) is 2. The fourth-order valence-corrected chi connectivity index (χ4v) is 0. The van der Waals surface area contributed by atoms with Gasteiger partial charge in [-0.25, -0.2) is 5.53 Å². The van der Waals surface area contributed by atoms with E-state index >= 15 is 0 Å². The van der Waals surface area contributed by atoms with Crippen molar-refractivity contribution in [3.63, 3.8) is 0 Å². The van der Waals surface area contributed by atoms with Gasteiger partial charge in [0.1, 0.15) is 0 Å². The first-order chi connectivity index (χ1) is 1.91. The van der Waals surface area contributed by atoms with Gasteiger partial charge in [-0.3, -0.25) is 0 Å². The van der Waals surface area contributed by atoms with Crippen LogP contribution in [-0.2, 0) is 0 Å². The average molecular weight is 94.5 g/mol. The molecule has 0 aliphatic carbocycles.